The van der Waals surface area contributed by atoms with E-state index in [4.69, 9.17) is 12.2 Å². The molecule has 1 rings (SSSR count). The van der Waals surface area contributed by atoms with E-state index in [2.05, 4.69) is 5.92 Å². The highest BCUT2D eigenvalue weighted by atomic mass is 16.2. The monoisotopic (exact) mass is 653 g/mol. The highest BCUT2D eigenvalue weighted by molar-refractivity contribution is 5.95. The van der Waals surface area contributed by atoms with Gasteiger partial charge in [0.05, 0.1) is 0 Å². The molecule has 10 nitrogen and oxygen atoms in total. The third-order valence-corrected chi connectivity index (χ3v) is 8.99. The van der Waals surface area contributed by atoms with Crippen molar-refractivity contribution in [2.24, 2.45) is 29.4 Å². The lowest BCUT2D eigenvalue weighted by Gasteiger charge is -2.41. The zero-order valence-electron chi connectivity index (χ0n) is 30.5. The van der Waals surface area contributed by atoms with Crippen molar-refractivity contribution in [2.75, 3.05) is 28.2 Å². The molecular weight excluding hydrogens is 594 g/mol. The van der Waals surface area contributed by atoms with E-state index in [-0.39, 0.29) is 41.9 Å². The number of nitrogens with two attached hydrogens (primary N) is 1. The lowest BCUT2D eigenvalue weighted by atomic mass is 9.93. The van der Waals surface area contributed by atoms with Gasteiger partial charge in [0.15, 0.2) is 0 Å². The van der Waals surface area contributed by atoms with E-state index in [1.807, 2.05) is 78.8 Å². The SMILES string of the molecule is C#CCCCCC(C)C(=O)N(C)C(C(=O)N(C)C(C(=O)N(C)C(C(=O)N(C)C(Cc1ccccc1)C(N)=O)C(C)C)C(C)C)C(C)C. The Labute approximate surface area is 283 Å². The fourth-order valence-electron chi connectivity index (χ4n) is 6.30. The molecule has 0 aliphatic carbocycles. The summed E-state index contributed by atoms with van der Waals surface area (Å²) < 4.78 is 0. The zero-order valence-corrected chi connectivity index (χ0v) is 30.5. The van der Waals surface area contributed by atoms with Crippen molar-refractivity contribution in [3.8, 4) is 12.3 Å². The second kappa shape index (κ2) is 19.1. The summed E-state index contributed by atoms with van der Waals surface area (Å²) in [4.78, 5) is 73.9. The summed E-state index contributed by atoms with van der Waals surface area (Å²) in [6, 6.07) is 5.76. The minimum absolute atomic E-state index is 0.135. The molecule has 0 spiro atoms. The molecule has 0 aromatic heterocycles. The molecule has 10 heteroatoms. The summed E-state index contributed by atoms with van der Waals surface area (Å²) in [6.45, 7) is 13.0. The third kappa shape index (κ3) is 11.1. The van der Waals surface area contributed by atoms with Gasteiger partial charge < -0.3 is 25.3 Å². The zero-order chi connectivity index (χ0) is 36.2. The molecule has 0 saturated heterocycles. The van der Waals surface area contributed by atoms with Gasteiger partial charge in [-0.05, 0) is 36.2 Å². The molecule has 0 bridgehead atoms. The molecule has 5 atom stereocenters. The minimum Gasteiger partial charge on any atom is -0.368 e. The Bertz CT molecular complexity index is 1240. The van der Waals surface area contributed by atoms with Crippen LogP contribution < -0.4 is 5.73 Å². The van der Waals surface area contributed by atoms with Gasteiger partial charge in [0.25, 0.3) is 0 Å². The molecule has 0 radical (unpaired) electrons. The molecule has 1 aromatic rings. The van der Waals surface area contributed by atoms with Crippen LogP contribution in [0.1, 0.15) is 79.7 Å². The summed E-state index contributed by atoms with van der Waals surface area (Å²) in [6.07, 6.45) is 8.57. The number of benzene rings is 1. The normalized spacial score (nSPS) is 14.5. The van der Waals surface area contributed by atoms with Gasteiger partial charge in [-0.3, -0.25) is 24.0 Å². The van der Waals surface area contributed by atoms with Crippen LogP contribution in [0, 0.1) is 36.0 Å². The minimum atomic E-state index is -0.921. The molecule has 5 unspecified atom stereocenters. The molecule has 47 heavy (non-hydrogen) atoms. The summed E-state index contributed by atoms with van der Waals surface area (Å²) in [5, 5.41) is 0. The lowest BCUT2D eigenvalue weighted by Crippen LogP contribution is -2.61. The van der Waals surface area contributed by atoms with E-state index in [9.17, 15) is 24.0 Å². The van der Waals surface area contributed by atoms with E-state index in [1.165, 1.54) is 26.6 Å². The number of nitrogens with zero attached hydrogens (tertiary/aromatic N) is 4. The van der Waals surface area contributed by atoms with Crippen molar-refractivity contribution >= 4 is 29.5 Å². The van der Waals surface area contributed by atoms with Crippen molar-refractivity contribution in [3.63, 3.8) is 0 Å². The maximum Gasteiger partial charge on any atom is 0.246 e. The number of carbonyl (C=O) groups is 5. The number of hydrogen-bond acceptors (Lipinski definition) is 5. The third-order valence-electron chi connectivity index (χ3n) is 8.99. The van der Waals surface area contributed by atoms with Crippen molar-refractivity contribution in [2.45, 2.75) is 105 Å². The van der Waals surface area contributed by atoms with Gasteiger partial charge in [0, 0.05) is 47.0 Å². The molecule has 0 aliphatic rings. The number of primary amides is 1. The van der Waals surface area contributed by atoms with Crippen molar-refractivity contribution < 1.29 is 24.0 Å². The Kier molecular flexibility index (Phi) is 16.7. The predicted molar refractivity (Wildman–Crippen MR) is 187 cm³/mol. The lowest BCUT2D eigenvalue weighted by molar-refractivity contribution is -0.157. The Morgan fingerprint density at radius 1 is 0.660 bits per heavy atom. The fraction of sp³-hybridized carbons (Fsp3) is 0.649. The van der Waals surface area contributed by atoms with Crippen LogP contribution in [-0.2, 0) is 30.4 Å². The van der Waals surface area contributed by atoms with Crippen molar-refractivity contribution in [3.05, 3.63) is 35.9 Å². The summed E-state index contributed by atoms with van der Waals surface area (Å²) in [5.41, 5.74) is 6.61. The molecule has 262 valence electrons. The van der Waals surface area contributed by atoms with Crippen molar-refractivity contribution in [1.82, 2.24) is 19.6 Å². The number of carbonyl (C=O) groups excluding carboxylic acids is 5. The Balaban J connectivity index is 3.31. The van der Waals surface area contributed by atoms with E-state index < -0.39 is 41.9 Å². The summed E-state index contributed by atoms with van der Waals surface area (Å²) in [5.74, 6) is -0.470. The Morgan fingerprint density at radius 3 is 1.45 bits per heavy atom. The number of likely N-dealkylation sites (N-methyl/N-ethyl adjacent to an activating group) is 4. The maximum absolute atomic E-state index is 14.2. The number of hydrogen-bond donors (Lipinski definition) is 1. The van der Waals surface area contributed by atoms with Crippen LogP contribution in [0.25, 0.3) is 0 Å². The Hall–Kier alpha value is -3.87. The summed E-state index contributed by atoms with van der Waals surface area (Å²) >= 11 is 0. The molecule has 0 saturated carbocycles. The van der Waals surface area contributed by atoms with Crippen LogP contribution in [0.5, 0.6) is 0 Å². The first-order valence-electron chi connectivity index (χ1n) is 16.7. The highest BCUT2D eigenvalue weighted by Crippen LogP contribution is 2.24. The molecule has 0 fully saturated rings. The van der Waals surface area contributed by atoms with E-state index >= 15 is 0 Å². The van der Waals surface area contributed by atoms with E-state index in [0.717, 1.165) is 18.4 Å². The van der Waals surface area contributed by atoms with Crippen molar-refractivity contribution in [1.29, 1.82) is 0 Å². The number of amides is 5. The van der Waals surface area contributed by atoms with E-state index in [0.29, 0.717) is 12.8 Å². The van der Waals surface area contributed by atoms with Gasteiger partial charge in [0.2, 0.25) is 29.5 Å². The first kappa shape index (κ1) is 41.2. The van der Waals surface area contributed by atoms with Gasteiger partial charge in [-0.15, -0.1) is 12.3 Å². The first-order chi connectivity index (χ1) is 21.9. The number of terminal acetylenes is 1. The second-order valence-corrected chi connectivity index (χ2v) is 13.8. The summed E-state index contributed by atoms with van der Waals surface area (Å²) in [7, 11) is 6.31. The molecule has 2 N–H and O–H groups in total. The smallest absolute Gasteiger partial charge is 0.246 e. The maximum atomic E-state index is 14.2. The van der Waals surface area contributed by atoms with Gasteiger partial charge in [-0.1, -0.05) is 85.2 Å². The number of rotatable bonds is 18. The standard InChI is InChI=1S/C37H59N5O5/c1-13-14-15-17-20-27(8)34(44)40(10)31(25(4)5)36(46)42(12)32(26(6)7)37(47)41(11)30(24(2)3)35(45)39(9)29(33(38)43)23-28-21-18-16-19-22-28/h1,16,18-19,21-22,24-27,29-32H,14-15,17,20,23H2,2-12H3,(H2,38,43). The molecule has 0 heterocycles. The predicted octanol–water partition coefficient (Wildman–Crippen LogP) is 3.82. The average Bonchev–Trinajstić information content (AvgIpc) is 3.00. The quantitative estimate of drug-likeness (QED) is 0.191. The molecular formula is C37H59N5O5. The first-order valence-corrected chi connectivity index (χ1v) is 16.7. The van der Waals surface area contributed by atoms with Crippen LogP contribution in [0.2, 0.25) is 0 Å². The van der Waals surface area contributed by atoms with Crippen LogP contribution in [0.15, 0.2) is 30.3 Å². The van der Waals surface area contributed by atoms with Gasteiger partial charge in [0.1, 0.15) is 24.2 Å². The van der Waals surface area contributed by atoms with Crippen LogP contribution >= 0.6 is 0 Å². The van der Waals surface area contributed by atoms with Gasteiger partial charge >= 0.3 is 0 Å². The van der Waals surface area contributed by atoms with Gasteiger partial charge in [-0.25, -0.2) is 0 Å². The molecule has 0 aliphatic heterocycles. The molecule has 5 amide bonds. The molecule has 1 aromatic carbocycles. The second-order valence-electron chi connectivity index (χ2n) is 13.8. The number of unbranched alkanes of at least 4 members (excludes halogenated alkanes) is 2. The van der Waals surface area contributed by atoms with Crippen LogP contribution in [0.3, 0.4) is 0 Å². The topological polar surface area (TPSA) is 124 Å². The van der Waals surface area contributed by atoms with Gasteiger partial charge in [-0.2, -0.15) is 0 Å². The van der Waals surface area contributed by atoms with Crippen LogP contribution in [-0.4, -0.2) is 101 Å². The Morgan fingerprint density at radius 2 is 1.06 bits per heavy atom. The van der Waals surface area contributed by atoms with Crippen LogP contribution in [0.4, 0.5) is 0 Å². The van der Waals surface area contributed by atoms with E-state index in [1.54, 1.807) is 21.1 Å². The largest absolute Gasteiger partial charge is 0.368 e. The highest BCUT2D eigenvalue weighted by Gasteiger charge is 2.42. The average molecular weight is 654 g/mol. The fourth-order valence-corrected chi connectivity index (χ4v) is 6.30.